The van der Waals surface area contributed by atoms with E-state index in [0.29, 0.717) is 11.7 Å². The largest absolute Gasteiger partial charge is 0.508 e. The Kier molecular flexibility index (Phi) is 6.79. The molecular formula is C25H37NO3. The molecule has 1 saturated heterocycles. The Balaban J connectivity index is 1.18. The van der Waals surface area contributed by atoms with Crippen molar-refractivity contribution in [3.63, 3.8) is 0 Å². The predicted octanol–water partition coefficient (Wildman–Crippen LogP) is 5.25. The molecule has 4 heteroatoms. The smallest absolute Gasteiger partial charge is 0.309 e. The van der Waals surface area contributed by atoms with Crippen molar-refractivity contribution in [1.82, 2.24) is 4.90 Å². The van der Waals surface area contributed by atoms with Crippen LogP contribution in [0.15, 0.2) is 24.3 Å². The second kappa shape index (κ2) is 9.51. The van der Waals surface area contributed by atoms with Gasteiger partial charge in [0.15, 0.2) is 0 Å². The van der Waals surface area contributed by atoms with Crippen molar-refractivity contribution in [1.29, 1.82) is 0 Å². The summed E-state index contributed by atoms with van der Waals surface area (Å²) >= 11 is 0. The second-order valence-corrected chi connectivity index (χ2v) is 9.73. The summed E-state index contributed by atoms with van der Waals surface area (Å²) in [4.78, 5) is 15.4. The first-order chi connectivity index (χ1) is 14.1. The summed E-state index contributed by atoms with van der Waals surface area (Å²) in [5.41, 5.74) is 1.29. The summed E-state index contributed by atoms with van der Waals surface area (Å²) in [5, 5.41) is 9.46. The van der Waals surface area contributed by atoms with Gasteiger partial charge in [0.2, 0.25) is 0 Å². The number of phenolic OH excluding ortho intramolecular Hbond substituents is 1. The van der Waals surface area contributed by atoms with Gasteiger partial charge >= 0.3 is 5.97 Å². The molecule has 29 heavy (non-hydrogen) atoms. The van der Waals surface area contributed by atoms with Crippen LogP contribution >= 0.6 is 0 Å². The molecule has 0 aromatic heterocycles. The van der Waals surface area contributed by atoms with Crippen LogP contribution in [0.3, 0.4) is 0 Å². The topological polar surface area (TPSA) is 49.8 Å². The Morgan fingerprint density at radius 2 is 1.52 bits per heavy atom. The number of esters is 1. The molecule has 2 saturated carbocycles. The van der Waals surface area contributed by atoms with E-state index in [1.165, 1.54) is 31.2 Å². The van der Waals surface area contributed by atoms with Crippen LogP contribution in [0, 0.1) is 11.8 Å². The summed E-state index contributed by atoms with van der Waals surface area (Å²) in [6.07, 6.45) is 11.4. The third-order valence-electron chi connectivity index (χ3n) is 7.69. The third-order valence-corrected chi connectivity index (χ3v) is 7.69. The average Bonchev–Trinajstić information content (AvgIpc) is 2.76. The Morgan fingerprint density at radius 3 is 2.14 bits per heavy atom. The maximum absolute atomic E-state index is 12.7. The molecule has 0 spiro atoms. The summed E-state index contributed by atoms with van der Waals surface area (Å²) in [6, 6.07) is 8.32. The molecule has 4 nitrogen and oxygen atoms in total. The number of rotatable bonds is 4. The molecule has 1 aromatic rings. The molecule has 1 heterocycles. The van der Waals surface area contributed by atoms with E-state index >= 15 is 0 Å². The SMILES string of the molecule is CC1CCC(N2CCC(C(=O)OC3CCC(c4ccc(O)cc4)CC3)CC2)CC1. The van der Waals surface area contributed by atoms with Crippen LogP contribution in [0.4, 0.5) is 0 Å². The fraction of sp³-hybridized carbons (Fsp3) is 0.720. The van der Waals surface area contributed by atoms with Crippen LogP contribution < -0.4 is 0 Å². The van der Waals surface area contributed by atoms with Crippen molar-refractivity contribution in [2.45, 2.75) is 89.2 Å². The summed E-state index contributed by atoms with van der Waals surface area (Å²) in [7, 11) is 0. The van der Waals surface area contributed by atoms with Gasteiger partial charge in [0.05, 0.1) is 5.92 Å². The third kappa shape index (κ3) is 5.33. The number of hydrogen-bond acceptors (Lipinski definition) is 4. The summed E-state index contributed by atoms with van der Waals surface area (Å²) in [6.45, 7) is 4.50. The highest BCUT2D eigenvalue weighted by Gasteiger charge is 2.33. The Morgan fingerprint density at radius 1 is 0.897 bits per heavy atom. The van der Waals surface area contributed by atoms with E-state index in [1.807, 2.05) is 12.1 Å². The molecule has 0 amide bonds. The van der Waals surface area contributed by atoms with Crippen molar-refractivity contribution in [2.75, 3.05) is 13.1 Å². The number of aromatic hydroxyl groups is 1. The molecule has 0 radical (unpaired) electrons. The number of ether oxygens (including phenoxy) is 1. The molecule has 1 aromatic carbocycles. The van der Waals surface area contributed by atoms with E-state index in [4.69, 9.17) is 4.74 Å². The van der Waals surface area contributed by atoms with Gasteiger partial charge in [-0.25, -0.2) is 0 Å². The fourth-order valence-electron chi connectivity index (χ4n) is 5.63. The number of carbonyl (C=O) groups is 1. The van der Waals surface area contributed by atoms with Gasteiger partial charge in [-0.3, -0.25) is 4.79 Å². The van der Waals surface area contributed by atoms with Gasteiger partial charge in [-0.15, -0.1) is 0 Å². The van der Waals surface area contributed by atoms with E-state index in [-0.39, 0.29) is 18.0 Å². The zero-order chi connectivity index (χ0) is 20.2. The highest BCUT2D eigenvalue weighted by molar-refractivity contribution is 5.72. The lowest BCUT2D eigenvalue weighted by molar-refractivity contribution is -0.157. The minimum Gasteiger partial charge on any atom is -0.508 e. The monoisotopic (exact) mass is 399 g/mol. The molecule has 0 unspecified atom stereocenters. The Labute approximate surface area is 175 Å². The minimum absolute atomic E-state index is 0.0509. The molecule has 3 fully saturated rings. The fourth-order valence-corrected chi connectivity index (χ4v) is 5.63. The van der Waals surface area contributed by atoms with Crippen molar-refractivity contribution in [3.05, 3.63) is 29.8 Å². The maximum atomic E-state index is 12.7. The first-order valence-electron chi connectivity index (χ1n) is 11.8. The molecule has 4 rings (SSSR count). The lowest BCUT2D eigenvalue weighted by atomic mass is 9.82. The van der Waals surface area contributed by atoms with Gasteiger partial charge in [0.25, 0.3) is 0 Å². The standard InChI is InChI=1S/C25H37NO3/c1-18-2-8-22(9-3-18)26-16-14-21(15-17-26)25(28)29-24-12-6-20(7-13-24)19-4-10-23(27)11-5-19/h4-5,10-11,18,20-22,24,27H,2-3,6-9,12-17H2,1H3. The van der Waals surface area contributed by atoms with E-state index in [9.17, 15) is 9.90 Å². The van der Waals surface area contributed by atoms with Crippen molar-refractivity contribution in [3.8, 4) is 5.75 Å². The molecule has 160 valence electrons. The quantitative estimate of drug-likeness (QED) is 0.702. The number of likely N-dealkylation sites (tertiary alicyclic amines) is 1. The Hall–Kier alpha value is -1.55. The number of nitrogens with zero attached hydrogens (tertiary/aromatic N) is 1. The van der Waals surface area contributed by atoms with Gasteiger partial charge in [0, 0.05) is 6.04 Å². The first-order valence-corrected chi connectivity index (χ1v) is 11.8. The lowest BCUT2D eigenvalue weighted by Crippen LogP contribution is -2.44. The molecule has 2 aliphatic carbocycles. The van der Waals surface area contributed by atoms with Gasteiger partial charge in [-0.2, -0.15) is 0 Å². The van der Waals surface area contributed by atoms with Crippen molar-refractivity contribution < 1.29 is 14.6 Å². The zero-order valence-electron chi connectivity index (χ0n) is 17.9. The molecule has 1 aliphatic heterocycles. The van der Waals surface area contributed by atoms with E-state index in [0.717, 1.165) is 63.6 Å². The maximum Gasteiger partial charge on any atom is 0.309 e. The molecule has 0 atom stereocenters. The van der Waals surface area contributed by atoms with Gasteiger partial charge in [0.1, 0.15) is 11.9 Å². The van der Waals surface area contributed by atoms with Crippen LogP contribution in [-0.2, 0) is 9.53 Å². The molecule has 0 bridgehead atoms. The van der Waals surface area contributed by atoms with Crippen LogP contribution in [-0.4, -0.2) is 41.2 Å². The first kappa shape index (κ1) is 20.7. The van der Waals surface area contributed by atoms with Gasteiger partial charge in [-0.05, 0) is 107 Å². The second-order valence-electron chi connectivity index (χ2n) is 9.73. The van der Waals surface area contributed by atoms with E-state index in [2.05, 4.69) is 11.8 Å². The van der Waals surface area contributed by atoms with Crippen LogP contribution in [0.1, 0.15) is 82.6 Å². The highest BCUT2D eigenvalue weighted by atomic mass is 16.5. The van der Waals surface area contributed by atoms with E-state index < -0.39 is 0 Å². The van der Waals surface area contributed by atoms with Crippen LogP contribution in [0.2, 0.25) is 0 Å². The number of phenols is 1. The summed E-state index contributed by atoms with van der Waals surface area (Å²) < 4.78 is 5.93. The average molecular weight is 400 g/mol. The molecule has 3 aliphatic rings. The normalized spacial score (nSPS) is 32.0. The number of benzene rings is 1. The van der Waals surface area contributed by atoms with E-state index in [1.54, 1.807) is 12.1 Å². The van der Waals surface area contributed by atoms with Crippen molar-refractivity contribution >= 4 is 5.97 Å². The lowest BCUT2D eigenvalue weighted by Gasteiger charge is -2.40. The predicted molar refractivity (Wildman–Crippen MR) is 115 cm³/mol. The minimum atomic E-state index is 0.0509. The number of piperidine rings is 1. The Bertz CT molecular complexity index is 649. The molecule has 1 N–H and O–H groups in total. The molecular weight excluding hydrogens is 362 g/mol. The van der Waals surface area contributed by atoms with Crippen LogP contribution in [0.25, 0.3) is 0 Å². The van der Waals surface area contributed by atoms with Crippen LogP contribution in [0.5, 0.6) is 5.75 Å². The van der Waals surface area contributed by atoms with Gasteiger partial charge in [-0.1, -0.05) is 19.1 Å². The highest BCUT2D eigenvalue weighted by Crippen LogP contribution is 2.35. The number of carbonyl (C=O) groups excluding carboxylic acids is 1. The number of hydrogen-bond donors (Lipinski definition) is 1. The summed E-state index contributed by atoms with van der Waals surface area (Å²) in [5.74, 6) is 1.88. The van der Waals surface area contributed by atoms with Gasteiger partial charge < -0.3 is 14.7 Å². The van der Waals surface area contributed by atoms with Crippen molar-refractivity contribution in [2.24, 2.45) is 11.8 Å². The zero-order valence-corrected chi connectivity index (χ0v) is 17.9.